The molecule has 1 aliphatic rings. The third kappa shape index (κ3) is 7.07. The van der Waals surface area contributed by atoms with E-state index in [-0.39, 0.29) is 5.91 Å². The van der Waals surface area contributed by atoms with Gasteiger partial charge in [-0.3, -0.25) is 9.59 Å². The van der Waals surface area contributed by atoms with Gasteiger partial charge in [0.1, 0.15) is 29.7 Å². The first kappa shape index (κ1) is 29.9. The van der Waals surface area contributed by atoms with Crippen molar-refractivity contribution in [1.82, 2.24) is 39.0 Å². The zero-order chi connectivity index (χ0) is 31.2. The van der Waals surface area contributed by atoms with Crippen molar-refractivity contribution in [2.24, 2.45) is 0 Å². The Bertz CT molecular complexity index is 1870. The predicted octanol–water partition coefficient (Wildman–Crippen LogP) is 4.05. The lowest BCUT2D eigenvalue weighted by Crippen LogP contribution is -2.27. The average molecular weight is 596 g/mol. The summed E-state index contributed by atoms with van der Waals surface area (Å²) in [5.41, 5.74) is 5.46. The van der Waals surface area contributed by atoms with Gasteiger partial charge < -0.3 is 25.0 Å². The minimum Gasteiger partial charge on any atom is -0.481 e. The number of ether oxygens (including phenoxy) is 1. The Kier molecular flexibility index (Phi) is 8.95. The number of rotatable bonds is 8. The van der Waals surface area contributed by atoms with Crippen LogP contribution in [-0.2, 0) is 9.59 Å². The molecule has 0 bridgehead atoms. The molecule has 0 fully saturated rings. The second-order valence-electron chi connectivity index (χ2n) is 10.4. The molecule has 0 radical (unpaired) electrons. The van der Waals surface area contributed by atoms with Gasteiger partial charge in [-0.15, -0.1) is 0 Å². The largest absolute Gasteiger partial charge is 0.481 e. The average Bonchev–Trinajstić information content (AvgIpc) is 3.74. The van der Waals surface area contributed by atoms with Crippen molar-refractivity contribution < 1.29 is 19.4 Å². The van der Waals surface area contributed by atoms with Gasteiger partial charge in [0.2, 0.25) is 5.91 Å². The standard InChI is InChI=1S/C29H29N9O2.C2H4O2/c1-20-15-22(6-7-25(20)40-23-9-13-37-26(16-23)30-18-32-37)34-29-28-24(10-14-38(28)33-19-31-29)21-8-12-36(17-21)27(39)5-4-11-35(2)3;1-2(3)4/h4-10,13-16,18-19H,11-12,17H2,1-3H3,(H,31,33,34);1H3,(H,3,4)/b5-4+;. The van der Waals surface area contributed by atoms with Gasteiger partial charge in [0.25, 0.3) is 5.97 Å². The number of benzene rings is 1. The Morgan fingerprint density at radius 1 is 1.07 bits per heavy atom. The van der Waals surface area contributed by atoms with Crippen molar-refractivity contribution in [3.05, 3.63) is 90.8 Å². The van der Waals surface area contributed by atoms with Crippen molar-refractivity contribution in [3.8, 4) is 11.5 Å². The topological polar surface area (TPSA) is 142 Å². The molecule has 44 heavy (non-hydrogen) atoms. The highest BCUT2D eigenvalue weighted by Crippen LogP contribution is 2.32. The number of amides is 1. The quantitative estimate of drug-likeness (QED) is 0.252. The number of pyridine rings is 1. The molecule has 1 amide bonds. The molecular formula is C31H33N9O4. The maximum Gasteiger partial charge on any atom is 0.300 e. The number of carboxylic acids is 1. The molecule has 5 heterocycles. The molecular weight excluding hydrogens is 562 g/mol. The molecule has 0 spiro atoms. The number of carbonyl (C=O) groups excluding carboxylic acids is 1. The third-order valence-electron chi connectivity index (χ3n) is 6.68. The van der Waals surface area contributed by atoms with E-state index >= 15 is 0 Å². The minimum absolute atomic E-state index is 0.00497. The molecule has 1 aromatic carbocycles. The summed E-state index contributed by atoms with van der Waals surface area (Å²) in [6.45, 7) is 4.90. The minimum atomic E-state index is -0.833. The number of hydrogen-bond acceptors (Lipinski definition) is 9. The van der Waals surface area contributed by atoms with Crippen LogP contribution in [0.3, 0.4) is 0 Å². The highest BCUT2D eigenvalue weighted by molar-refractivity contribution is 5.93. The van der Waals surface area contributed by atoms with Gasteiger partial charge in [-0.2, -0.15) is 10.2 Å². The first-order valence-corrected chi connectivity index (χ1v) is 13.8. The highest BCUT2D eigenvalue weighted by atomic mass is 16.5. The smallest absolute Gasteiger partial charge is 0.300 e. The van der Waals surface area contributed by atoms with Crippen molar-refractivity contribution in [3.63, 3.8) is 0 Å². The van der Waals surface area contributed by atoms with Gasteiger partial charge in [-0.05, 0) is 62.5 Å². The lowest BCUT2D eigenvalue weighted by atomic mass is 10.1. The molecule has 1 aliphatic heterocycles. The lowest BCUT2D eigenvalue weighted by Gasteiger charge is -2.15. The normalized spacial score (nSPS) is 12.9. The molecule has 0 atom stereocenters. The Hall–Kier alpha value is -5.56. The zero-order valence-corrected chi connectivity index (χ0v) is 24.9. The summed E-state index contributed by atoms with van der Waals surface area (Å²) >= 11 is 0. The summed E-state index contributed by atoms with van der Waals surface area (Å²) in [4.78, 5) is 34.3. The fourth-order valence-corrected chi connectivity index (χ4v) is 4.66. The maximum absolute atomic E-state index is 12.7. The van der Waals surface area contributed by atoms with E-state index < -0.39 is 5.97 Å². The number of nitrogens with zero attached hydrogens (tertiary/aromatic N) is 8. The van der Waals surface area contributed by atoms with Gasteiger partial charge in [0.15, 0.2) is 11.5 Å². The van der Waals surface area contributed by atoms with E-state index in [1.807, 2.05) is 85.7 Å². The van der Waals surface area contributed by atoms with Gasteiger partial charge in [0.05, 0.1) is 0 Å². The number of anilines is 2. The Labute approximate surface area is 253 Å². The van der Waals surface area contributed by atoms with Crippen LogP contribution < -0.4 is 10.1 Å². The van der Waals surface area contributed by atoms with Gasteiger partial charge in [-0.1, -0.05) is 12.2 Å². The second-order valence-corrected chi connectivity index (χ2v) is 10.4. The highest BCUT2D eigenvalue weighted by Gasteiger charge is 2.22. The summed E-state index contributed by atoms with van der Waals surface area (Å²) in [6, 6.07) is 11.6. The van der Waals surface area contributed by atoms with E-state index in [1.54, 1.807) is 15.1 Å². The number of nitrogens with one attached hydrogen (secondary N) is 1. The molecule has 2 N–H and O–H groups in total. The Morgan fingerprint density at radius 2 is 1.82 bits per heavy atom. The first-order chi connectivity index (χ1) is 21.2. The van der Waals surface area contributed by atoms with Crippen LogP contribution in [0.1, 0.15) is 18.1 Å². The van der Waals surface area contributed by atoms with E-state index in [2.05, 4.69) is 31.6 Å². The monoisotopic (exact) mass is 595 g/mol. The van der Waals surface area contributed by atoms with E-state index in [4.69, 9.17) is 14.6 Å². The molecule has 4 aromatic heterocycles. The molecule has 0 aliphatic carbocycles. The summed E-state index contributed by atoms with van der Waals surface area (Å²) in [5.74, 6) is 1.28. The van der Waals surface area contributed by atoms with Crippen molar-refractivity contribution >= 4 is 40.1 Å². The van der Waals surface area contributed by atoms with Gasteiger partial charge in [0, 0.05) is 62.3 Å². The predicted molar refractivity (Wildman–Crippen MR) is 166 cm³/mol. The summed E-state index contributed by atoms with van der Waals surface area (Å²) in [7, 11) is 3.95. The molecule has 13 nitrogen and oxygen atoms in total. The van der Waals surface area contributed by atoms with Gasteiger partial charge in [-0.25, -0.2) is 19.0 Å². The molecule has 13 heteroatoms. The van der Waals surface area contributed by atoms with Crippen LogP contribution in [0.4, 0.5) is 11.5 Å². The van der Waals surface area contributed by atoms with Crippen LogP contribution in [-0.4, -0.2) is 89.7 Å². The lowest BCUT2D eigenvalue weighted by molar-refractivity contribution is -0.134. The first-order valence-electron chi connectivity index (χ1n) is 13.8. The van der Waals surface area contributed by atoms with Crippen LogP contribution >= 0.6 is 0 Å². The fourth-order valence-electron chi connectivity index (χ4n) is 4.66. The summed E-state index contributed by atoms with van der Waals surface area (Å²) in [6.07, 6.45) is 12.4. The van der Waals surface area contributed by atoms with Crippen molar-refractivity contribution in [1.29, 1.82) is 0 Å². The SMILES string of the molecule is CC(=O)O.Cc1cc(Nc2ncnn3ccc(C4=CCN(C(=O)/C=C/CN(C)C)C4)c23)ccc1Oc1ccn2ncnc2c1. The number of likely N-dealkylation sites (N-methyl/N-ethyl adjacent to an activating group) is 1. The molecule has 5 aromatic rings. The van der Waals surface area contributed by atoms with Crippen LogP contribution in [0.5, 0.6) is 11.5 Å². The Morgan fingerprint density at radius 3 is 2.59 bits per heavy atom. The number of hydrogen-bond donors (Lipinski definition) is 2. The summed E-state index contributed by atoms with van der Waals surface area (Å²) in [5, 5.41) is 19.4. The van der Waals surface area contributed by atoms with E-state index in [1.165, 1.54) is 12.7 Å². The van der Waals surface area contributed by atoms with Crippen LogP contribution in [0, 0.1) is 6.92 Å². The Balaban J connectivity index is 0.000000906. The van der Waals surface area contributed by atoms with Crippen LogP contribution in [0.2, 0.25) is 0 Å². The number of aryl methyl sites for hydroxylation is 1. The molecule has 0 saturated carbocycles. The summed E-state index contributed by atoms with van der Waals surface area (Å²) < 4.78 is 9.61. The molecule has 0 unspecified atom stereocenters. The molecule has 0 saturated heterocycles. The number of aliphatic carboxylic acids is 1. The number of carbonyl (C=O) groups is 2. The van der Waals surface area contributed by atoms with Gasteiger partial charge >= 0.3 is 0 Å². The zero-order valence-electron chi connectivity index (χ0n) is 24.9. The number of carboxylic acid groups (broad SMARTS) is 1. The van der Waals surface area contributed by atoms with E-state index in [0.717, 1.165) is 52.8 Å². The van der Waals surface area contributed by atoms with E-state index in [9.17, 15) is 4.79 Å². The van der Waals surface area contributed by atoms with Crippen molar-refractivity contribution in [2.45, 2.75) is 13.8 Å². The number of aromatic nitrogens is 6. The molecule has 226 valence electrons. The number of fused-ring (bicyclic) bond motifs is 2. The maximum atomic E-state index is 12.7. The van der Waals surface area contributed by atoms with Crippen molar-refractivity contribution in [2.75, 3.05) is 39.0 Å². The fraction of sp³-hybridized carbons (Fsp3) is 0.226. The second kappa shape index (κ2) is 13.2. The van der Waals surface area contributed by atoms with E-state index in [0.29, 0.717) is 24.7 Å². The third-order valence-corrected chi connectivity index (χ3v) is 6.68. The van der Waals surface area contributed by atoms with Crippen LogP contribution in [0.15, 0.2) is 79.7 Å². The molecule has 6 rings (SSSR count). The van der Waals surface area contributed by atoms with Crippen LogP contribution in [0.25, 0.3) is 16.7 Å².